The van der Waals surface area contributed by atoms with Crippen molar-refractivity contribution in [3.63, 3.8) is 0 Å². The molecular weight excluding hydrogens is 416 g/mol. The topological polar surface area (TPSA) is 70.7 Å². The average Bonchev–Trinajstić information content (AvgIpc) is 3.48. The van der Waals surface area contributed by atoms with Crippen LogP contribution >= 0.6 is 0 Å². The Morgan fingerprint density at radius 2 is 1.94 bits per heavy atom. The highest BCUT2D eigenvalue weighted by molar-refractivity contribution is 5.94. The predicted molar refractivity (Wildman–Crippen MR) is 126 cm³/mol. The summed E-state index contributed by atoms with van der Waals surface area (Å²) in [6.45, 7) is 9.38. The fraction of sp³-hybridized carbons (Fsp3) is 0.385. The van der Waals surface area contributed by atoms with Gasteiger partial charge in [-0.3, -0.25) is 9.69 Å². The monoisotopic (exact) mass is 446 g/mol. The highest BCUT2D eigenvalue weighted by Gasteiger charge is 2.34. The lowest BCUT2D eigenvalue weighted by atomic mass is 9.87. The molecule has 2 aliphatic heterocycles. The van der Waals surface area contributed by atoms with Gasteiger partial charge in [-0.25, -0.2) is 4.98 Å². The molecule has 1 N–H and O–H groups in total. The number of hydrogen-bond donors (Lipinski definition) is 1. The van der Waals surface area contributed by atoms with Crippen molar-refractivity contribution in [3.05, 3.63) is 76.4 Å². The first kappa shape index (κ1) is 21.5. The van der Waals surface area contributed by atoms with Gasteiger partial charge in [0.1, 0.15) is 0 Å². The molecule has 2 aromatic carbocycles. The second kappa shape index (κ2) is 8.90. The molecule has 3 heterocycles. The molecule has 0 fully saturated rings. The van der Waals surface area contributed by atoms with Crippen molar-refractivity contribution in [1.82, 2.24) is 19.8 Å². The number of carbonyl (C=O) groups is 1. The quantitative estimate of drug-likeness (QED) is 0.618. The van der Waals surface area contributed by atoms with Crippen molar-refractivity contribution in [2.45, 2.75) is 39.8 Å². The average molecular weight is 447 g/mol. The third kappa shape index (κ3) is 3.86. The SMILES string of the molecule is CCN(CC)C(=O)c1ccc(C2c3ccc4c(c3CCN2Cc2nc[nH]c2C)OCO4)cc1. The number of aromatic amines is 1. The van der Waals surface area contributed by atoms with E-state index in [0.717, 1.165) is 53.5 Å². The molecule has 1 unspecified atom stereocenters. The molecule has 7 nitrogen and oxygen atoms in total. The lowest BCUT2D eigenvalue weighted by molar-refractivity contribution is 0.0773. The maximum Gasteiger partial charge on any atom is 0.253 e. The Balaban J connectivity index is 1.53. The van der Waals surface area contributed by atoms with E-state index in [4.69, 9.17) is 9.47 Å². The summed E-state index contributed by atoms with van der Waals surface area (Å²) in [6, 6.07) is 12.3. The number of nitrogens with one attached hydrogen (secondary N) is 1. The molecule has 0 saturated carbocycles. The van der Waals surface area contributed by atoms with Gasteiger partial charge in [-0.05, 0) is 56.5 Å². The molecule has 0 bridgehead atoms. The fourth-order valence-corrected chi connectivity index (χ4v) is 4.94. The number of aromatic nitrogens is 2. The normalized spacial score (nSPS) is 17.1. The van der Waals surface area contributed by atoms with Gasteiger partial charge in [0.15, 0.2) is 11.5 Å². The Labute approximate surface area is 194 Å². The molecule has 0 radical (unpaired) electrons. The number of nitrogens with zero attached hydrogens (tertiary/aromatic N) is 3. The Morgan fingerprint density at radius 3 is 2.64 bits per heavy atom. The zero-order valence-electron chi connectivity index (χ0n) is 19.4. The summed E-state index contributed by atoms with van der Waals surface area (Å²) in [4.78, 5) is 24.8. The minimum Gasteiger partial charge on any atom is -0.454 e. The molecular formula is C26H30N4O3. The number of hydrogen-bond acceptors (Lipinski definition) is 5. The van der Waals surface area contributed by atoms with Crippen LogP contribution in [0.15, 0.2) is 42.7 Å². The largest absolute Gasteiger partial charge is 0.454 e. The third-order valence-electron chi connectivity index (χ3n) is 6.80. The number of ether oxygens (including phenoxy) is 2. The van der Waals surface area contributed by atoms with Crippen LogP contribution < -0.4 is 9.47 Å². The van der Waals surface area contributed by atoms with Crippen LogP contribution in [0.2, 0.25) is 0 Å². The first-order valence-corrected chi connectivity index (χ1v) is 11.6. The Kier molecular flexibility index (Phi) is 5.81. The van der Waals surface area contributed by atoms with Crippen molar-refractivity contribution in [1.29, 1.82) is 0 Å². The molecule has 0 saturated heterocycles. The van der Waals surface area contributed by atoms with Crippen LogP contribution in [-0.2, 0) is 13.0 Å². The standard InChI is InChI=1S/C26H30N4O3/c1-4-29(5-2)26(31)19-8-6-18(7-9-19)24-20-10-11-23-25(33-16-32-23)21(20)12-13-30(24)14-22-17(3)27-15-28-22/h6-11,15,24H,4-5,12-14,16H2,1-3H3,(H,27,28). The van der Waals surface area contributed by atoms with Crippen molar-refractivity contribution >= 4 is 5.91 Å². The molecule has 172 valence electrons. The van der Waals surface area contributed by atoms with E-state index in [2.05, 4.69) is 40.0 Å². The summed E-state index contributed by atoms with van der Waals surface area (Å²) in [7, 11) is 0. The van der Waals surface area contributed by atoms with Gasteiger partial charge in [-0.2, -0.15) is 0 Å². The van der Waals surface area contributed by atoms with Crippen LogP contribution in [0, 0.1) is 6.92 Å². The second-order valence-corrected chi connectivity index (χ2v) is 8.56. The maximum atomic E-state index is 12.8. The Morgan fingerprint density at radius 1 is 1.15 bits per heavy atom. The number of H-pyrrole nitrogens is 1. The van der Waals surface area contributed by atoms with Gasteiger partial charge in [0.05, 0.1) is 18.1 Å². The smallest absolute Gasteiger partial charge is 0.253 e. The summed E-state index contributed by atoms with van der Waals surface area (Å²) < 4.78 is 11.5. The van der Waals surface area contributed by atoms with Crippen molar-refractivity contribution in [3.8, 4) is 11.5 Å². The highest BCUT2D eigenvalue weighted by Crippen LogP contribution is 2.45. The van der Waals surface area contributed by atoms with Crippen molar-refractivity contribution in [2.24, 2.45) is 0 Å². The lowest BCUT2D eigenvalue weighted by Crippen LogP contribution is -2.36. The predicted octanol–water partition coefficient (Wildman–Crippen LogP) is 4.08. The van der Waals surface area contributed by atoms with E-state index in [-0.39, 0.29) is 18.7 Å². The van der Waals surface area contributed by atoms with Crippen LogP contribution in [-0.4, -0.2) is 52.1 Å². The molecule has 1 aromatic heterocycles. The second-order valence-electron chi connectivity index (χ2n) is 8.56. The summed E-state index contributed by atoms with van der Waals surface area (Å²) in [5.74, 6) is 1.77. The van der Waals surface area contributed by atoms with Crippen LogP contribution in [0.1, 0.15) is 58.3 Å². The van der Waals surface area contributed by atoms with Crippen LogP contribution in [0.25, 0.3) is 0 Å². The molecule has 1 atom stereocenters. The summed E-state index contributed by atoms with van der Waals surface area (Å²) >= 11 is 0. The van der Waals surface area contributed by atoms with Crippen molar-refractivity contribution < 1.29 is 14.3 Å². The highest BCUT2D eigenvalue weighted by atomic mass is 16.7. The van der Waals surface area contributed by atoms with E-state index in [1.54, 1.807) is 6.33 Å². The number of benzene rings is 2. The van der Waals surface area contributed by atoms with Crippen LogP contribution in [0.3, 0.4) is 0 Å². The Bertz CT molecular complexity index is 1150. The van der Waals surface area contributed by atoms with E-state index in [1.165, 1.54) is 11.1 Å². The number of amides is 1. The van der Waals surface area contributed by atoms with Gasteiger partial charge in [-0.15, -0.1) is 0 Å². The van der Waals surface area contributed by atoms with Gasteiger partial charge in [0.2, 0.25) is 6.79 Å². The Hall–Kier alpha value is -3.32. The summed E-state index contributed by atoms with van der Waals surface area (Å²) in [5, 5.41) is 0. The van der Waals surface area contributed by atoms with Crippen LogP contribution in [0.5, 0.6) is 11.5 Å². The van der Waals surface area contributed by atoms with E-state index in [0.29, 0.717) is 13.1 Å². The van der Waals surface area contributed by atoms with E-state index in [1.807, 2.05) is 36.9 Å². The molecule has 0 spiro atoms. The summed E-state index contributed by atoms with van der Waals surface area (Å²) in [5.41, 5.74) is 6.45. The van der Waals surface area contributed by atoms with Crippen LogP contribution in [0.4, 0.5) is 0 Å². The number of carbonyl (C=O) groups excluding carboxylic acids is 1. The molecule has 5 rings (SSSR count). The van der Waals surface area contributed by atoms with Gasteiger partial charge in [-0.1, -0.05) is 18.2 Å². The molecule has 33 heavy (non-hydrogen) atoms. The number of aryl methyl sites for hydroxylation is 1. The fourth-order valence-electron chi connectivity index (χ4n) is 4.94. The van der Waals surface area contributed by atoms with E-state index in [9.17, 15) is 4.79 Å². The molecule has 7 heteroatoms. The first-order valence-electron chi connectivity index (χ1n) is 11.6. The minimum absolute atomic E-state index is 0.0388. The van der Waals surface area contributed by atoms with E-state index < -0.39 is 0 Å². The van der Waals surface area contributed by atoms with Gasteiger partial charge < -0.3 is 19.4 Å². The zero-order chi connectivity index (χ0) is 22.9. The van der Waals surface area contributed by atoms with Gasteiger partial charge >= 0.3 is 0 Å². The summed E-state index contributed by atoms with van der Waals surface area (Å²) in [6.07, 6.45) is 2.64. The van der Waals surface area contributed by atoms with Crippen molar-refractivity contribution in [2.75, 3.05) is 26.4 Å². The minimum atomic E-state index is 0.0388. The number of imidazole rings is 1. The van der Waals surface area contributed by atoms with E-state index >= 15 is 0 Å². The molecule has 0 aliphatic carbocycles. The molecule has 2 aliphatic rings. The van der Waals surface area contributed by atoms with Gasteiger partial charge in [0, 0.05) is 43.0 Å². The first-order chi connectivity index (χ1) is 16.1. The zero-order valence-corrected chi connectivity index (χ0v) is 19.4. The number of rotatable bonds is 6. The maximum absolute atomic E-state index is 12.8. The number of fused-ring (bicyclic) bond motifs is 3. The lowest BCUT2D eigenvalue weighted by Gasteiger charge is -2.38. The molecule has 3 aromatic rings. The van der Waals surface area contributed by atoms with Gasteiger partial charge in [0.25, 0.3) is 5.91 Å². The molecule has 1 amide bonds. The third-order valence-corrected chi connectivity index (χ3v) is 6.80.